The molecule has 1 aliphatic carbocycles. The van der Waals surface area contributed by atoms with E-state index in [1.807, 2.05) is 42.9 Å². The fraction of sp³-hybridized carbons (Fsp3) is 0.404. The summed E-state index contributed by atoms with van der Waals surface area (Å²) in [5, 5.41) is 16.4. The van der Waals surface area contributed by atoms with Crippen LogP contribution >= 0.6 is 11.3 Å². The normalized spacial score (nSPS) is 22.4. The Labute approximate surface area is 362 Å². The number of fused-ring (bicyclic) bond motifs is 6. The van der Waals surface area contributed by atoms with Gasteiger partial charge in [0, 0.05) is 95.5 Å². The van der Waals surface area contributed by atoms with Crippen molar-refractivity contribution in [3.63, 3.8) is 0 Å². The van der Waals surface area contributed by atoms with Gasteiger partial charge in [-0.1, -0.05) is 0 Å². The number of piperazine rings is 1. The number of imide groups is 1. The van der Waals surface area contributed by atoms with Gasteiger partial charge in [-0.2, -0.15) is 5.10 Å². The van der Waals surface area contributed by atoms with Gasteiger partial charge >= 0.3 is 0 Å². The van der Waals surface area contributed by atoms with Gasteiger partial charge in [0.2, 0.25) is 17.7 Å². The van der Waals surface area contributed by atoms with Crippen molar-refractivity contribution in [1.29, 1.82) is 0 Å². The number of benzene rings is 3. The van der Waals surface area contributed by atoms with Gasteiger partial charge in [0.1, 0.15) is 10.7 Å². The number of carbonyl (C=O) groups is 4. The fourth-order valence-electron chi connectivity index (χ4n) is 10.3. The molecule has 0 radical (unpaired) electrons. The number of nitrogens with two attached hydrogens (primary N) is 1. The summed E-state index contributed by atoms with van der Waals surface area (Å²) in [6.07, 6.45) is 5.35. The van der Waals surface area contributed by atoms with E-state index in [-0.39, 0.29) is 35.2 Å². The molecule has 6 heterocycles. The highest BCUT2D eigenvalue weighted by atomic mass is 32.1. The first-order valence-electron chi connectivity index (χ1n) is 21.8. The quantitative estimate of drug-likeness (QED) is 0.121. The number of hydrogen-bond acceptors (Lipinski definition) is 10. The molecule has 3 fully saturated rings. The molecule has 4 amide bonds. The molecule has 5 N–H and O–H groups in total. The Morgan fingerprint density at radius 1 is 0.952 bits per heavy atom. The number of anilines is 2. The van der Waals surface area contributed by atoms with E-state index in [0.717, 1.165) is 108 Å². The van der Waals surface area contributed by atoms with Crippen molar-refractivity contribution in [1.82, 2.24) is 30.3 Å². The molecule has 6 aromatic rings. The van der Waals surface area contributed by atoms with Crippen molar-refractivity contribution in [2.24, 2.45) is 18.7 Å². The zero-order chi connectivity index (χ0) is 42.8. The molecule has 2 saturated heterocycles. The lowest BCUT2D eigenvalue weighted by Gasteiger charge is -2.37. The Balaban J connectivity index is 0.781. The van der Waals surface area contributed by atoms with E-state index in [4.69, 9.17) is 15.8 Å². The lowest BCUT2D eigenvalue weighted by atomic mass is 9.75. The van der Waals surface area contributed by atoms with Gasteiger partial charge in [-0.05, 0) is 118 Å². The molecule has 2 atom stereocenters. The lowest BCUT2D eigenvalue weighted by Crippen LogP contribution is -2.47. The molecule has 3 aromatic heterocycles. The third kappa shape index (κ3) is 7.24. The van der Waals surface area contributed by atoms with Crippen LogP contribution < -0.4 is 26.6 Å². The highest BCUT2D eigenvalue weighted by molar-refractivity contribution is 7.21. The predicted molar refractivity (Wildman–Crippen MR) is 240 cm³/mol. The number of aromatic nitrogens is 3. The summed E-state index contributed by atoms with van der Waals surface area (Å²) in [4.78, 5) is 60.5. The highest BCUT2D eigenvalue weighted by Crippen LogP contribution is 2.44. The number of primary amides is 1. The smallest absolute Gasteiger partial charge is 0.263 e. The number of thiophene rings is 1. The van der Waals surface area contributed by atoms with Gasteiger partial charge in [0.25, 0.3) is 5.91 Å². The molecule has 0 bridgehead atoms. The Morgan fingerprint density at radius 3 is 2.52 bits per heavy atom. The van der Waals surface area contributed by atoms with Gasteiger partial charge in [0.05, 0.1) is 34.0 Å². The third-order valence-corrected chi connectivity index (χ3v) is 14.8. The van der Waals surface area contributed by atoms with Crippen LogP contribution in [0, 0.1) is 11.7 Å². The molecule has 62 heavy (non-hydrogen) atoms. The molecule has 3 aromatic carbocycles. The minimum absolute atomic E-state index is 0.00459. The van der Waals surface area contributed by atoms with Gasteiger partial charge in [-0.15, -0.1) is 11.3 Å². The molecule has 10 rings (SSSR count). The van der Waals surface area contributed by atoms with E-state index in [9.17, 15) is 19.2 Å². The van der Waals surface area contributed by atoms with Crippen molar-refractivity contribution in [2.45, 2.75) is 69.7 Å². The number of pyridine rings is 1. The fourth-order valence-corrected chi connectivity index (χ4v) is 11.4. The number of piperidine rings is 1. The number of amides is 4. The number of rotatable bonds is 8. The maximum absolute atomic E-state index is 16.8. The number of halogens is 1. The summed E-state index contributed by atoms with van der Waals surface area (Å²) in [6.45, 7) is 7.31. The van der Waals surface area contributed by atoms with Gasteiger partial charge in [-0.25, -0.2) is 9.37 Å². The van der Waals surface area contributed by atoms with Crippen LogP contribution in [0.15, 0.2) is 54.6 Å². The zero-order valence-electron chi connectivity index (χ0n) is 34.9. The first kappa shape index (κ1) is 40.2. The SMILES string of the molecule is C[C@@H]1CNc2c(sc3ccc4nc(-c5ccc(C(N)=O)c(C6CCC(CCN7CCN(c8ccc9c(C%10CCC(=O)NC%10=O)nn(C)c9c8)CC7)CC6)c5F)ccc4c23)C(=O)N1. The second-order valence-corrected chi connectivity index (χ2v) is 18.6. The molecular weight excluding hydrogens is 806 g/mol. The lowest BCUT2D eigenvalue weighted by molar-refractivity contribution is -0.134. The van der Waals surface area contributed by atoms with Crippen molar-refractivity contribution >= 4 is 78.2 Å². The number of aryl methyl sites for hydroxylation is 1. The second-order valence-electron chi connectivity index (χ2n) is 17.6. The van der Waals surface area contributed by atoms with Crippen LogP contribution in [0.3, 0.4) is 0 Å². The topological polar surface area (TPSA) is 168 Å². The Morgan fingerprint density at radius 2 is 1.74 bits per heavy atom. The van der Waals surface area contributed by atoms with E-state index in [1.165, 1.54) is 11.3 Å². The molecule has 0 spiro atoms. The van der Waals surface area contributed by atoms with Crippen LogP contribution in [0.1, 0.15) is 95.0 Å². The largest absolute Gasteiger partial charge is 0.381 e. The highest BCUT2D eigenvalue weighted by Gasteiger charge is 2.33. The molecule has 320 valence electrons. The average Bonchev–Trinajstić information content (AvgIpc) is 3.77. The maximum Gasteiger partial charge on any atom is 0.263 e. The first-order chi connectivity index (χ1) is 30.0. The third-order valence-electron chi connectivity index (χ3n) is 13.7. The van der Waals surface area contributed by atoms with Gasteiger partial charge < -0.3 is 21.3 Å². The van der Waals surface area contributed by atoms with Crippen LogP contribution in [0.25, 0.3) is 43.1 Å². The summed E-state index contributed by atoms with van der Waals surface area (Å²) in [5.74, 6) is -1.66. The number of carbonyl (C=O) groups excluding carboxylic acids is 4. The molecule has 15 heteroatoms. The van der Waals surface area contributed by atoms with E-state index in [0.29, 0.717) is 52.5 Å². The maximum atomic E-state index is 16.8. The minimum atomic E-state index is -0.623. The summed E-state index contributed by atoms with van der Waals surface area (Å²) < 4.78 is 19.6. The van der Waals surface area contributed by atoms with Crippen LogP contribution in [0.5, 0.6) is 0 Å². The monoisotopic (exact) mass is 855 g/mol. The van der Waals surface area contributed by atoms with Crippen molar-refractivity contribution in [3.8, 4) is 11.3 Å². The molecule has 13 nitrogen and oxygen atoms in total. The predicted octanol–water partition coefficient (Wildman–Crippen LogP) is 6.79. The summed E-state index contributed by atoms with van der Waals surface area (Å²) >= 11 is 1.45. The van der Waals surface area contributed by atoms with Crippen LogP contribution in [-0.4, -0.2) is 88.6 Å². The summed E-state index contributed by atoms with van der Waals surface area (Å²) in [6, 6.07) is 17.3. The molecule has 1 unspecified atom stereocenters. The minimum Gasteiger partial charge on any atom is -0.381 e. The van der Waals surface area contributed by atoms with Gasteiger partial charge in [0.15, 0.2) is 0 Å². The zero-order valence-corrected chi connectivity index (χ0v) is 35.7. The van der Waals surface area contributed by atoms with E-state index >= 15 is 4.39 Å². The second kappa shape index (κ2) is 16.1. The number of nitrogens with zero attached hydrogens (tertiary/aromatic N) is 5. The van der Waals surface area contributed by atoms with Crippen LogP contribution in [0.2, 0.25) is 0 Å². The van der Waals surface area contributed by atoms with E-state index in [1.54, 1.807) is 12.1 Å². The summed E-state index contributed by atoms with van der Waals surface area (Å²) in [7, 11) is 1.90. The average molecular weight is 856 g/mol. The standard InChI is InChI=1S/C47H50FN9O4S/c1-25-24-50-43-40-29-11-13-35(52-34(29)14-15-37(40)62-44(43)47(61)51-25)30-9-10-32(45(49)59)39(41(30)48)27-5-3-26(4-6-27)17-18-56-19-21-57(22-20-56)28-7-8-31-36(23-28)55(2)54-42(31)33-12-16-38(58)53-46(33)60/h7-11,13-15,23,25-27,33,50H,3-6,12,16-22,24H2,1-2H3,(H2,49,59)(H,51,61)(H,53,58,60)/t25-,26?,27?,33?/m1/s1. The van der Waals surface area contributed by atoms with Crippen molar-refractivity contribution in [2.75, 3.05) is 49.5 Å². The van der Waals surface area contributed by atoms with Crippen molar-refractivity contribution in [3.05, 3.63) is 82.1 Å². The van der Waals surface area contributed by atoms with Gasteiger partial charge in [-0.3, -0.25) is 34.1 Å². The Hall–Kier alpha value is -5.93. The van der Waals surface area contributed by atoms with Crippen molar-refractivity contribution < 1.29 is 23.6 Å². The molecule has 4 aliphatic rings. The van der Waals surface area contributed by atoms with Crippen LogP contribution in [0.4, 0.5) is 15.8 Å². The molecule has 1 saturated carbocycles. The Bertz CT molecular complexity index is 2800. The first-order valence-corrected chi connectivity index (χ1v) is 22.6. The van der Waals surface area contributed by atoms with E-state index < -0.39 is 17.6 Å². The van der Waals surface area contributed by atoms with Crippen LogP contribution in [-0.2, 0) is 16.6 Å². The molecular formula is C47H50FN9O4S. The summed E-state index contributed by atoms with van der Waals surface area (Å²) in [5.41, 5.74) is 11.7. The number of hydrogen-bond donors (Lipinski definition) is 4. The molecule has 3 aliphatic heterocycles. The number of nitrogens with one attached hydrogen (secondary N) is 3. The Kier molecular flexibility index (Phi) is 10.4. The van der Waals surface area contributed by atoms with E-state index in [2.05, 4.69) is 43.9 Å².